The van der Waals surface area contributed by atoms with Crippen LogP contribution in [0.15, 0.2) is 24.3 Å². The maximum Gasteiger partial charge on any atom is 0.253 e. The van der Waals surface area contributed by atoms with Gasteiger partial charge in [0.2, 0.25) is 5.91 Å². The van der Waals surface area contributed by atoms with Gasteiger partial charge in [0.05, 0.1) is 0 Å². The summed E-state index contributed by atoms with van der Waals surface area (Å²) in [6.45, 7) is 7.11. The number of nitrogens with one attached hydrogen (secondary N) is 1. The van der Waals surface area contributed by atoms with E-state index < -0.39 is 0 Å². The van der Waals surface area contributed by atoms with Gasteiger partial charge in [-0.3, -0.25) is 9.59 Å². The zero-order chi connectivity index (χ0) is 17.9. The molecule has 1 aromatic carbocycles. The number of nitrogens with zero attached hydrogens (tertiary/aromatic N) is 2. The molecule has 0 radical (unpaired) electrons. The lowest BCUT2D eigenvalue weighted by molar-refractivity contribution is -0.129. The molecule has 2 amide bonds. The van der Waals surface area contributed by atoms with E-state index in [1.807, 2.05) is 68.9 Å². The van der Waals surface area contributed by atoms with Gasteiger partial charge in [0.1, 0.15) is 0 Å². The van der Waals surface area contributed by atoms with Crippen LogP contribution in [-0.4, -0.2) is 49.9 Å². The summed E-state index contributed by atoms with van der Waals surface area (Å²) in [6, 6.07) is 7.85. The van der Waals surface area contributed by atoms with Crippen LogP contribution in [-0.2, 0) is 4.79 Å². The van der Waals surface area contributed by atoms with Crippen molar-refractivity contribution in [1.29, 1.82) is 0 Å². The third kappa shape index (κ3) is 4.49. The van der Waals surface area contributed by atoms with Crippen LogP contribution >= 0.6 is 0 Å². The molecule has 2 rings (SSSR count). The molecular weight excluding hydrogens is 302 g/mol. The minimum absolute atomic E-state index is 0.0703. The molecule has 0 atom stereocenters. The fraction of sp³-hybridized carbons (Fsp3) is 0.579. The third-order valence-electron chi connectivity index (χ3n) is 4.43. The molecule has 1 aromatic rings. The average molecular weight is 331 g/mol. The quantitative estimate of drug-likeness (QED) is 0.926. The Hall–Kier alpha value is -2.04. The number of anilines is 1. The lowest BCUT2D eigenvalue weighted by atomic mass is 9.94. The number of benzene rings is 1. The molecule has 5 nitrogen and oxygen atoms in total. The highest BCUT2D eigenvalue weighted by Crippen LogP contribution is 2.19. The summed E-state index contributed by atoms with van der Waals surface area (Å²) in [7, 11) is 3.96. The molecule has 1 saturated heterocycles. The number of carbonyl (C=O) groups is 2. The largest absolute Gasteiger partial charge is 0.378 e. The second kappa shape index (κ2) is 7.24. The maximum atomic E-state index is 12.6. The predicted molar refractivity (Wildman–Crippen MR) is 97.3 cm³/mol. The van der Waals surface area contributed by atoms with Gasteiger partial charge in [0.15, 0.2) is 0 Å². The first-order valence-corrected chi connectivity index (χ1v) is 8.56. The van der Waals surface area contributed by atoms with E-state index in [0.717, 1.165) is 24.1 Å². The van der Waals surface area contributed by atoms with Gasteiger partial charge in [-0.1, -0.05) is 20.8 Å². The fourth-order valence-electron chi connectivity index (χ4n) is 2.71. The van der Waals surface area contributed by atoms with E-state index in [-0.39, 0.29) is 23.3 Å². The fourth-order valence-corrected chi connectivity index (χ4v) is 2.71. The molecule has 1 aliphatic heterocycles. The number of rotatable bonds is 3. The molecule has 1 heterocycles. The van der Waals surface area contributed by atoms with Crippen molar-refractivity contribution < 1.29 is 9.59 Å². The first-order valence-electron chi connectivity index (χ1n) is 8.56. The van der Waals surface area contributed by atoms with Crippen LogP contribution in [0.2, 0.25) is 0 Å². The Morgan fingerprint density at radius 3 is 2.08 bits per heavy atom. The summed E-state index contributed by atoms with van der Waals surface area (Å²) in [4.78, 5) is 28.5. The highest BCUT2D eigenvalue weighted by Gasteiger charge is 2.28. The summed E-state index contributed by atoms with van der Waals surface area (Å²) in [5.74, 6) is 0.146. The summed E-state index contributed by atoms with van der Waals surface area (Å²) in [5, 5.41) is 3.10. The van der Waals surface area contributed by atoms with Gasteiger partial charge >= 0.3 is 0 Å². The Kier molecular flexibility index (Phi) is 5.52. The van der Waals surface area contributed by atoms with E-state index in [1.54, 1.807) is 0 Å². The van der Waals surface area contributed by atoms with E-state index in [9.17, 15) is 9.59 Å². The standard InChI is InChI=1S/C19H29N3O2/c1-19(2,3)18(24)20-15-10-12-22(13-11-15)17(23)14-6-8-16(9-7-14)21(4)5/h6-9,15H,10-13H2,1-5H3,(H,20,24). The van der Waals surface area contributed by atoms with E-state index in [4.69, 9.17) is 0 Å². The van der Waals surface area contributed by atoms with Crippen molar-refractivity contribution in [2.45, 2.75) is 39.7 Å². The minimum Gasteiger partial charge on any atom is -0.378 e. The predicted octanol–water partition coefficient (Wildman–Crippen LogP) is 2.52. The smallest absolute Gasteiger partial charge is 0.253 e. The number of likely N-dealkylation sites (tertiary alicyclic amines) is 1. The maximum absolute atomic E-state index is 12.6. The number of hydrogen-bond donors (Lipinski definition) is 1. The van der Waals surface area contributed by atoms with Crippen LogP contribution in [0.4, 0.5) is 5.69 Å². The van der Waals surface area contributed by atoms with Crippen LogP contribution in [0.1, 0.15) is 44.0 Å². The lowest BCUT2D eigenvalue weighted by Crippen LogP contribution is -2.49. The van der Waals surface area contributed by atoms with Gasteiger partial charge in [0.25, 0.3) is 5.91 Å². The lowest BCUT2D eigenvalue weighted by Gasteiger charge is -2.33. The SMILES string of the molecule is CN(C)c1ccc(C(=O)N2CCC(NC(=O)C(C)(C)C)CC2)cc1. The van der Waals surface area contributed by atoms with Gasteiger partial charge in [-0.05, 0) is 37.1 Å². The molecule has 1 N–H and O–H groups in total. The summed E-state index contributed by atoms with van der Waals surface area (Å²) >= 11 is 0. The molecule has 0 unspecified atom stereocenters. The number of hydrogen-bond acceptors (Lipinski definition) is 3. The summed E-state index contributed by atoms with van der Waals surface area (Å²) < 4.78 is 0. The second-order valence-electron chi connectivity index (χ2n) is 7.73. The van der Waals surface area contributed by atoms with E-state index in [0.29, 0.717) is 13.1 Å². The van der Waals surface area contributed by atoms with E-state index >= 15 is 0 Å². The molecule has 5 heteroatoms. The van der Waals surface area contributed by atoms with Gasteiger partial charge in [-0.15, -0.1) is 0 Å². The van der Waals surface area contributed by atoms with Crippen molar-refractivity contribution in [2.75, 3.05) is 32.1 Å². The topological polar surface area (TPSA) is 52.7 Å². The Balaban J connectivity index is 1.89. The molecule has 1 fully saturated rings. The van der Waals surface area contributed by atoms with Gasteiger partial charge in [-0.25, -0.2) is 0 Å². The number of piperidine rings is 1. The third-order valence-corrected chi connectivity index (χ3v) is 4.43. The first-order chi connectivity index (χ1) is 11.2. The highest BCUT2D eigenvalue weighted by molar-refractivity contribution is 5.94. The van der Waals surface area contributed by atoms with Gasteiger partial charge in [-0.2, -0.15) is 0 Å². The molecular formula is C19H29N3O2. The molecule has 0 bridgehead atoms. The molecule has 0 aliphatic carbocycles. The Labute approximate surface area is 145 Å². The van der Waals surface area contributed by atoms with Crippen molar-refractivity contribution in [3.05, 3.63) is 29.8 Å². The van der Waals surface area contributed by atoms with Crippen molar-refractivity contribution in [3.63, 3.8) is 0 Å². The summed E-state index contributed by atoms with van der Waals surface area (Å²) in [5.41, 5.74) is 1.43. The molecule has 0 spiro atoms. The second-order valence-corrected chi connectivity index (χ2v) is 7.73. The van der Waals surface area contributed by atoms with Gasteiger partial charge in [0, 0.05) is 49.9 Å². The van der Waals surface area contributed by atoms with Crippen LogP contribution in [0.3, 0.4) is 0 Å². The zero-order valence-corrected chi connectivity index (χ0v) is 15.4. The van der Waals surface area contributed by atoms with Crippen molar-refractivity contribution >= 4 is 17.5 Å². The molecule has 24 heavy (non-hydrogen) atoms. The van der Waals surface area contributed by atoms with Crippen molar-refractivity contribution in [3.8, 4) is 0 Å². The van der Waals surface area contributed by atoms with Crippen LogP contribution in [0, 0.1) is 5.41 Å². The molecule has 0 aromatic heterocycles. The van der Waals surface area contributed by atoms with Crippen LogP contribution in [0.5, 0.6) is 0 Å². The summed E-state index contributed by atoms with van der Waals surface area (Å²) in [6.07, 6.45) is 1.62. The zero-order valence-electron chi connectivity index (χ0n) is 15.4. The Morgan fingerprint density at radius 2 is 1.62 bits per heavy atom. The van der Waals surface area contributed by atoms with Crippen LogP contribution < -0.4 is 10.2 Å². The van der Waals surface area contributed by atoms with E-state index in [2.05, 4.69) is 5.32 Å². The molecule has 1 aliphatic rings. The van der Waals surface area contributed by atoms with Crippen molar-refractivity contribution in [2.24, 2.45) is 5.41 Å². The monoisotopic (exact) mass is 331 g/mol. The van der Waals surface area contributed by atoms with E-state index in [1.165, 1.54) is 0 Å². The molecule has 0 saturated carbocycles. The van der Waals surface area contributed by atoms with Gasteiger partial charge < -0.3 is 15.1 Å². The average Bonchev–Trinajstić information content (AvgIpc) is 2.54. The highest BCUT2D eigenvalue weighted by atomic mass is 16.2. The first kappa shape index (κ1) is 18.3. The van der Waals surface area contributed by atoms with Crippen molar-refractivity contribution in [1.82, 2.24) is 10.2 Å². The minimum atomic E-state index is -0.374. The number of carbonyl (C=O) groups excluding carboxylic acids is 2. The molecule has 132 valence electrons. The number of amides is 2. The Morgan fingerprint density at radius 1 is 1.08 bits per heavy atom. The Bertz CT molecular complexity index is 580. The van der Waals surface area contributed by atoms with Crippen LogP contribution in [0.25, 0.3) is 0 Å². The normalized spacial score (nSPS) is 16.0.